The van der Waals surface area contributed by atoms with Crippen LogP contribution in [-0.4, -0.2) is 11.7 Å². The maximum atomic E-state index is 10.0. The molecular weight excluding hydrogens is 434 g/mol. The van der Waals surface area contributed by atoms with E-state index in [2.05, 4.69) is 28.9 Å². The number of nitrogens with one attached hydrogen (secondary N) is 1. The van der Waals surface area contributed by atoms with Crippen LogP contribution < -0.4 is 14.8 Å². The smallest absolute Gasteiger partial charge is 0.127 e. The van der Waals surface area contributed by atoms with Crippen LogP contribution >= 0.6 is 0 Å². The quantitative estimate of drug-likeness (QED) is 0.270. The summed E-state index contributed by atoms with van der Waals surface area (Å²) < 4.78 is 13.5. The van der Waals surface area contributed by atoms with E-state index in [0.717, 1.165) is 57.3 Å². The van der Waals surface area contributed by atoms with Crippen molar-refractivity contribution >= 4 is 22.3 Å². The highest BCUT2D eigenvalue weighted by Crippen LogP contribution is 2.36. The molecule has 5 aromatic rings. The molecule has 0 unspecified atom stereocenters. The van der Waals surface area contributed by atoms with Gasteiger partial charge in [0.25, 0.3) is 0 Å². The van der Waals surface area contributed by atoms with Crippen LogP contribution in [0.3, 0.4) is 0 Å². The van der Waals surface area contributed by atoms with Gasteiger partial charge in [0.05, 0.1) is 23.9 Å². The van der Waals surface area contributed by atoms with E-state index in [0.29, 0.717) is 5.56 Å². The van der Waals surface area contributed by atoms with Gasteiger partial charge in [0.1, 0.15) is 23.3 Å². The fraction of sp³-hybridized carbons (Fsp3) is 0.100. The Morgan fingerprint density at radius 1 is 0.800 bits per heavy atom. The second-order valence-electron chi connectivity index (χ2n) is 8.11. The van der Waals surface area contributed by atoms with Gasteiger partial charge in [0.2, 0.25) is 0 Å². The summed E-state index contributed by atoms with van der Waals surface area (Å²) >= 11 is 0. The van der Waals surface area contributed by atoms with Gasteiger partial charge in [-0.1, -0.05) is 30.3 Å². The first-order valence-corrected chi connectivity index (χ1v) is 11.5. The van der Waals surface area contributed by atoms with Gasteiger partial charge < -0.3 is 19.4 Å². The summed E-state index contributed by atoms with van der Waals surface area (Å²) in [4.78, 5) is 0. The van der Waals surface area contributed by atoms with E-state index in [4.69, 9.17) is 9.47 Å². The largest absolute Gasteiger partial charge is 0.497 e. The molecule has 1 aromatic heterocycles. The van der Waals surface area contributed by atoms with Gasteiger partial charge in [-0.2, -0.15) is 5.26 Å². The van der Waals surface area contributed by atoms with Gasteiger partial charge in [-0.15, -0.1) is 0 Å². The molecule has 0 saturated heterocycles. The van der Waals surface area contributed by atoms with E-state index in [1.54, 1.807) is 7.11 Å². The zero-order chi connectivity index (χ0) is 24.2. The number of hydrogen-bond acceptors (Lipinski definition) is 4. The monoisotopic (exact) mass is 459 g/mol. The average molecular weight is 460 g/mol. The molecule has 4 aromatic carbocycles. The molecule has 5 nitrogen and oxygen atoms in total. The fourth-order valence-electron chi connectivity index (χ4n) is 4.34. The molecule has 0 amide bonds. The van der Waals surface area contributed by atoms with Gasteiger partial charge >= 0.3 is 0 Å². The van der Waals surface area contributed by atoms with Gasteiger partial charge in [0.15, 0.2) is 0 Å². The topological polar surface area (TPSA) is 59.2 Å². The Bertz CT molecular complexity index is 1510. The van der Waals surface area contributed by atoms with Crippen molar-refractivity contribution in [1.82, 2.24) is 4.57 Å². The molecule has 1 N–H and O–H groups in total. The Hall–Kier alpha value is -4.69. The van der Waals surface area contributed by atoms with Crippen molar-refractivity contribution in [2.24, 2.45) is 0 Å². The lowest BCUT2D eigenvalue weighted by Crippen LogP contribution is -1.98. The number of benzene rings is 4. The van der Waals surface area contributed by atoms with Crippen LogP contribution in [0, 0.1) is 11.3 Å². The minimum Gasteiger partial charge on any atom is -0.497 e. The summed E-state index contributed by atoms with van der Waals surface area (Å²) in [6.07, 6.45) is 0. The molecule has 0 aliphatic heterocycles. The number of nitrogens with zero attached hydrogens (tertiary/aromatic N) is 2. The number of para-hydroxylation sites is 1. The molecular formula is C30H25N3O2. The molecule has 0 aliphatic carbocycles. The molecule has 5 rings (SSSR count). The molecule has 172 valence electrons. The average Bonchev–Trinajstić information content (AvgIpc) is 3.23. The SMILES string of the molecule is CCn1c(-c2cccc(Nc3ccc(Oc4ccccc4)cc3)c2)c(C#N)c2ccc(OC)cc21. The van der Waals surface area contributed by atoms with Gasteiger partial charge in [-0.05, 0) is 67.6 Å². The third kappa shape index (κ3) is 4.42. The van der Waals surface area contributed by atoms with E-state index >= 15 is 0 Å². The molecule has 1 heterocycles. The van der Waals surface area contributed by atoms with E-state index in [1.807, 2.05) is 91.0 Å². The molecule has 0 fully saturated rings. The zero-order valence-corrected chi connectivity index (χ0v) is 19.7. The first-order valence-electron chi connectivity index (χ1n) is 11.5. The number of aromatic nitrogens is 1. The van der Waals surface area contributed by atoms with Crippen LogP contribution in [0.25, 0.3) is 22.2 Å². The Labute approximate surface area is 204 Å². The van der Waals surface area contributed by atoms with Gasteiger partial charge in [-0.3, -0.25) is 0 Å². The summed E-state index contributed by atoms with van der Waals surface area (Å²) in [6.45, 7) is 2.83. The molecule has 0 bridgehead atoms. The molecule has 5 heteroatoms. The van der Waals surface area contributed by atoms with Crippen LogP contribution in [0.1, 0.15) is 12.5 Å². The number of nitriles is 1. The molecule has 0 saturated carbocycles. The van der Waals surface area contributed by atoms with Crippen molar-refractivity contribution < 1.29 is 9.47 Å². The Kier molecular flexibility index (Phi) is 6.11. The number of fused-ring (bicyclic) bond motifs is 1. The van der Waals surface area contributed by atoms with Crippen LogP contribution in [0.15, 0.2) is 97.1 Å². The number of rotatable bonds is 7. The van der Waals surface area contributed by atoms with Gasteiger partial charge in [-0.25, -0.2) is 0 Å². The van der Waals surface area contributed by atoms with E-state index in [1.165, 1.54) is 0 Å². The molecule has 0 spiro atoms. The Balaban J connectivity index is 1.45. The number of hydrogen-bond donors (Lipinski definition) is 1. The van der Waals surface area contributed by atoms with Crippen molar-refractivity contribution in [3.63, 3.8) is 0 Å². The number of aryl methyl sites for hydroxylation is 1. The Morgan fingerprint density at radius 2 is 1.54 bits per heavy atom. The minimum absolute atomic E-state index is 0.670. The highest BCUT2D eigenvalue weighted by molar-refractivity contribution is 5.95. The third-order valence-electron chi connectivity index (χ3n) is 5.96. The lowest BCUT2D eigenvalue weighted by Gasteiger charge is -2.12. The number of anilines is 2. The minimum atomic E-state index is 0.670. The van der Waals surface area contributed by atoms with Crippen molar-refractivity contribution in [1.29, 1.82) is 5.26 Å². The van der Waals surface area contributed by atoms with Crippen LogP contribution in [0.4, 0.5) is 11.4 Å². The molecule has 0 aliphatic rings. The zero-order valence-electron chi connectivity index (χ0n) is 19.7. The summed E-state index contributed by atoms with van der Waals surface area (Å²) in [5.74, 6) is 2.35. The van der Waals surface area contributed by atoms with Crippen molar-refractivity contribution in [3.05, 3.63) is 103 Å². The van der Waals surface area contributed by atoms with Gasteiger partial charge in [0, 0.05) is 34.9 Å². The second-order valence-corrected chi connectivity index (χ2v) is 8.11. The first-order chi connectivity index (χ1) is 17.2. The summed E-state index contributed by atoms with van der Waals surface area (Å²) in [6, 6.07) is 34.0. The summed E-state index contributed by atoms with van der Waals surface area (Å²) in [5, 5.41) is 14.4. The maximum absolute atomic E-state index is 10.0. The van der Waals surface area contributed by atoms with Crippen molar-refractivity contribution in [3.8, 4) is 34.6 Å². The Morgan fingerprint density at radius 3 is 2.26 bits per heavy atom. The first kappa shape index (κ1) is 22.1. The standard InChI is InChI=1S/C30H25N3O2/c1-3-33-29-19-26(34-2)16-17-27(29)28(20-31)30(33)21-8-7-9-23(18-21)32-22-12-14-25(15-13-22)35-24-10-5-4-6-11-24/h4-19,32H,3H2,1-2H3. The molecule has 35 heavy (non-hydrogen) atoms. The highest BCUT2D eigenvalue weighted by atomic mass is 16.5. The summed E-state index contributed by atoms with van der Waals surface area (Å²) in [5.41, 5.74) is 5.44. The number of methoxy groups -OCH3 is 1. The molecule has 0 atom stereocenters. The van der Waals surface area contributed by atoms with Crippen molar-refractivity contribution in [2.75, 3.05) is 12.4 Å². The van der Waals surface area contributed by atoms with E-state index in [-0.39, 0.29) is 0 Å². The third-order valence-corrected chi connectivity index (χ3v) is 5.96. The normalized spacial score (nSPS) is 10.7. The van der Waals surface area contributed by atoms with Crippen molar-refractivity contribution in [2.45, 2.75) is 13.5 Å². The lowest BCUT2D eigenvalue weighted by molar-refractivity contribution is 0.415. The predicted octanol–water partition coefficient (Wildman–Crippen LogP) is 7.74. The summed E-state index contributed by atoms with van der Waals surface area (Å²) in [7, 11) is 1.65. The molecule has 0 radical (unpaired) electrons. The fourth-order valence-corrected chi connectivity index (χ4v) is 4.34. The lowest BCUT2D eigenvalue weighted by atomic mass is 10.1. The highest BCUT2D eigenvalue weighted by Gasteiger charge is 2.18. The van der Waals surface area contributed by atoms with E-state index in [9.17, 15) is 5.26 Å². The number of ether oxygens (including phenoxy) is 2. The van der Waals surface area contributed by atoms with Crippen LogP contribution in [0.5, 0.6) is 17.2 Å². The van der Waals surface area contributed by atoms with E-state index < -0.39 is 0 Å². The predicted molar refractivity (Wildman–Crippen MR) is 141 cm³/mol. The van der Waals surface area contributed by atoms with Crippen LogP contribution in [0.2, 0.25) is 0 Å². The second kappa shape index (κ2) is 9.66. The maximum Gasteiger partial charge on any atom is 0.127 e. The van der Waals surface area contributed by atoms with Crippen LogP contribution in [-0.2, 0) is 6.54 Å².